The van der Waals surface area contributed by atoms with E-state index in [4.69, 9.17) is 14.6 Å². The molecule has 2 atom stereocenters. The van der Waals surface area contributed by atoms with Crippen LogP contribution in [0.3, 0.4) is 0 Å². The highest BCUT2D eigenvalue weighted by atomic mass is 32.2. The van der Waals surface area contributed by atoms with Crippen LogP contribution < -0.4 is 0 Å². The average Bonchev–Trinajstić information content (AvgIpc) is 2.77. The Morgan fingerprint density at radius 1 is 1.11 bits per heavy atom. The number of sulfone groups is 1. The van der Waals surface area contributed by atoms with E-state index < -0.39 is 20.7 Å². The van der Waals surface area contributed by atoms with E-state index in [1.165, 1.54) is 7.11 Å². The van der Waals surface area contributed by atoms with Gasteiger partial charge in [-0.05, 0) is 49.1 Å². The first-order chi connectivity index (χ1) is 16.3. The molecule has 1 aromatic rings. The molecule has 0 saturated carbocycles. The molecule has 0 amide bonds. The van der Waals surface area contributed by atoms with Crippen molar-refractivity contribution in [3.05, 3.63) is 35.4 Å². The number of aliphatic hydroxyl groups excluding tert-OH is 1. The number of rotatable bonds is 16. The van der Waals surface area contributed by atoms with Crippen LogP contribution in [0.1, 0.15) is 77.8 Å². The zero-order valence-electron chi connectivity index (χ0n) is 22.3. The molecule has 0 unspecified atom stereocenters. The number of esters is 2. The first-order valence-electron chi connectivity index (χ1n) is 12.5. The molecule has 200 valence electrons. The Kier molecular flexibility index (Phi) is 12.4. The first kappa shape index (κ1) is 31.1. The lowest BCUT2D eigenvalue weighted by Crippen LogP contribution is -2.35. The van der Waals surface area contributed by atoms with E-state index in [1.54, 1.807) is 0 Å². The van der Waals surface area contributed by atoms with E-state index >= 15 is 0 Å². The van der Waals surface area contributed by atoms with E-state index in [-0.39, 0.29) is 36.0 Å². The normalized spacial score (nSPS) is 14.7. The van der Waals surface area contributed by atoms with Gasteiger partial charge < -0.3 is 14.6 Å². The lowest BCUT2D eigenvalue weighted by molar-refractivity contribution is -0.150. The van der Waals surface area contributed by atoms with Crippen molar-refractivity contribution in [3.63, 3.8) is 0 Å². The highest BCUT2D eigenvalue weighted by molar-refractivity contribution is 7.91. The molecule has 0 spiro atoms. The van der Waals surface area contributed by atoms with Gasteiger partial charge in [-0.2, -0.15) is 0 Å². The molecule has 1 N–H and O–H groups in total. The van der Waals surface area contributed by atoms with Gasteiger partial charge in [-0.1, -0.05) is 64.8 Å². The summed E-state index contributed by atoms with van der Waals surface area (Å²) in [5.74, 6) is -1.14. The number of benzene rings is 1. The van der Waals surface area contributed by atoms with Crippen LogP contribution in [0.25, 0.3) is 0 Å². The van der Waals surface area contributed by atoms with Crippen molar-refractivity contribution >= 4 is 21.8 Å². The molecule has 0 fully saturated rings. The molecule has 0 aliphatic rings. The molecule has 0 radical (unpaired) electrons. The zero-order valence-corrected chi connectivity index (χ0v) is 23.1. The summed E-state index contributed by atoms with van der Waals surface area (Å²) in [4.78, 5) is 25.2. The highest BCUT2D eigenvalue weighted by Gasteiger charge is 2.37. The van der Waals surface area contributed by atoms with E-state index in [1.807, 2.05) is 58.9 Å². The third kappa shape index (κ3) is 10.3. The van der Waals surface area contributed by atoms with E-state index in [0.717, 1.165) is 24.0 Å². The smallest absolute Gasteiger partial charge is 0.316 e. The molecule has 35 heavy (non-hydrogen) atoms. The van der Waals surface area contributed by atoms with Crippen molar-refractivity contribution < 1.29 is 32.6 Å². The topological polar surface area (TPSA) is 107 Å². The Morgan fingerprint density at radius 2 is 1.80 bits per heavy atom. The Labute approximate surface area is 211 Å². The minimum Gasteiger partial charge on any atom is -0.469 e. The number of aliphatic hydroxyl groups is 1. The minimum atomic E-state index is -3.34. The average molecular weight is 513 g/mol. The minimum absolute atomic E-state index is 0.0148. The standard InChI is InChI=1S/C27H44O7S/c1-7-8-16-34-25(30)27(5,14-10-13-26(3,4)20-35(31,32)17-15-28)23-12-9-11-22(19-23)18-21(2)24(29)33-6/h9,11-12,19,21,28H,7-8,10,13-18,20H2,1-6H3/t21-,27-/m1/s1. The fraction of sp³-hybridized carbons (Fsp3) is 0.704. The SMILES string of the molecule is CCCCOC(=O)[C@](C)(CCCC(C)(C)CS(=O)(=O)CCO)c1cccc(C[C@@H](C)C(=O)OC)c1. The monoisotopic (exact) mass is 512 g/mol. The van der Waals surface area contributed by atoms with Gasteiger partial charge in [-0.25, -0.2) is 8.42 Å². The second-order valence-electron chi connectivity index (χ2n) is 10.5. The van der Waals surface area contributed by atoms with E-state index in [2.05, 4.69) is 0 Å². The van der Waals surface area contributed by atoms with Crippen LogP contribution in [0, 0.1) is 11.3 Å². The van der Waals surface area contributed by atoms with Crippen LogP contribution in [-0.4, -0.2) is 57.3 Å². The van der Waals surface area contributed by atoms with Crippen LogP contribution in [0.4, 0.5) is 0 Å². The number of unbranched alkanes of at least 4 members (excludes halogenated alkanes) is 1. The lowest BCUT2D eigenvalue weighted by atomic mass is 9.75. The molecule has 0 aromatic heterocycles. The van der Waals surface area contributed by atoms with Gasteiger partial charge in [-0.3, -0.25) is 9.59 Å². The molecular weight excluding hydrogens is 468 g/mol. The maximum absolute atomic E-state index is 13.3. The van der Waals surface area contributed by atoms with Gasteiger partial charge in [0, 0.05) is 0 Å². The zero-order chi connectivity index (χ0) is 26.7. The van der Waals surface area contributed by atoms with Crippen molar-refractivity contribution in [3.8, 4) is 0 Å². The molecule has 0 aliphatic carbocycles. The fourth-order valence-electron chi connectivity index (χ4n) is 4.31. The van der Waals surface area contributed by atoms with Crippen molar-refractivity contribution in [2.75, 3.05) is 31.8 Å². The predicted molar refractivity (Wildman–Crippen MR) is 138 cm³/mol. The lowest BCUT2D eigenvalue weighted by Gasteiger charge is -2.31. The quantitative estimate of drug-likeness (QED) is 0.261. The maximum atomic E-state index is 13.3. The molecule has 0 heterocycles. The summed E-state index contributed by atoms with van der Waals surface area (Å²) in [5.41, 5.74) is 0.361. The van der Waals surface area contributed by atoms with Gasteiger partial charge >= 0.3 is 11.9 Å². The summed E-state index contributed by atoms with van der Waals surface area (Å²) < 4.78 is 34.9. The van der Waals surface area contributed by atoms with Crippen LogP contribution in [0.15, 0.2) is 24.3 Å². The maximum Gasteiger partial charge on any atom is 0.316 e. The summed E-state index contributed by atoms with van der Waals surface area (Å²) in [7, 11) is -1.97. The van der Waals surface area contributed by atoms with Crippen molar-refractivity contribution in [2.45, 2.75) is 78.6 Å². The largest absolute Gasteiger partial charge is 0.469 e. The van der Waals surface area contributed by atoms with Crippen molar-refractivity contribution in [1.29, 1.82) is 0 Å². The second-order valence-corrected chi connectivity index (χ2v) is 12.7. The number of carbonyl (C=O) groups excluding carboxylic acids is 2. The third-order valence-corrected chi connectivity index (χ3v) is 8.46. The molecule has 1 aromatic carbocycles. The predicted octanol–water partition coefficient (Wildman–Crippen LogP) is 4.24. The molecule has 8 heteroatoms. The van der Waals surface area contributed by atoms with Gasteiger partial charge in [0.1, 0.15) is 0 Å². The summed E-state index contributed by atoms with van der Waals surface area (Å²) in [6.45, 7) is 9.48. The number of ether oxygens (including phenoxy) is 2. The van der Waals surface area contributed by atoms with Gasteiger partial charge in [0.05, 0.1) is 43.2 Å². The van der Waals surface area contributed by atoms with Gasteiger partial charge in [0.25, 0.3) is 0 Å². The van der Waals surface area contributed by atoms with Gasteiger partial charge in [0.15, 0.2) is 9.84 Å². The van der Waals surface area contributed by atoms with Gasteiger partial charge in [-0.15, -0.1) is 0 Å². The molecule has 0 aliphatic heterocycles. The van der Waals surface area contributed by atoms with Gasteiger partial charge in [0.2, 0.25) is 0 Å². The molecule has 1 rings (SSSR count). The third-order valence-electron chi connectivity index (χ3n) is 6.43. The van der Waals surface area contributed by atoms with Crippen LogP contribution >= 0.6 is 0 Å². The van der Waals surface area contributed by atoms with Crippen molar-refractivity contribution in [1.82, 2.24) is 0 Å². The summed E-state index contributed by atoms with van der Waals surface area (Å²) in [5, 5.41) is 9.02. The first-order valence-corrected chi connectivity index (χ1v) is 14.3. The summed E-state index contributed by atoms with van der Waals surface area (Å²) in [6.07, 6.45) is 3.93. The second kappa shape index (κ2) is 14.0. The van der Waals surface area contributed by atoms with Crippen LogP contribution in [0.5, 0.6) is 0 Å². The van der Waals surface area contributed by atoms with Crippen molar-refractivity contribution in [2.24, 2.45) is 11.3 Å². The number of carbonyl (C=O) groups is 2. The Balaban J connectivity index is 3.10. The molecular formula is C27H44O7S. The van der Waals surface area contributed by atoms with E-state index in [0.29, 0.717) is 32.3 Å². The molecule has 7 nitrogen and oxygen atoms in total. The fourth-order valence-corrected chi connectivity index (χ4v) is 6.07. The van der Waals surface area contributed by atoms with Crippen LogP contribution in [-0.2, 0) is 40.7 Å². The highest BCUT2D eigenvalue weighted by Crippen LogP contribution is 2.35. The Bertz CT molecular complexity index is 923. The number of methoxy groups -OCH3 is 1. The van der Waals surface area contributed by atoms with E-state index in [9.17, 15) is 18.0 Å². The number of hydrogen-bond donors (Lipinski definition) is 1. The summed E-state index contributed by atoms with van der Waals surface area (Å²) in [6, 6.07) is 7.68. The van der Waals surface area contributed by atoms with Crippen LogP contribution in [0.2, 0.25) is 0 Å². The Hall–Kier alpha value is -1.93. The summed E-state index contributed by atoms with van der Waals surface area (Å²) >= 11 is 0. The Morgan fingerprint density at radius 3 is 2.40 bits per heavy atom. The number of hydrogen-bond acceptors (Lipinski definition) is 7. The molecule has 0 saturated heterocycles. The molecule has 0 bridgehead atoms.